The number of benzene rings is 1. The fourth-order valence-corrected chi connectivity index (χ4v) is 2.77. The Hall–Kier alpha value is -2.47. The number of hydrogen-bond donors (Lipinski definition) is 1. The smallest absolute Gasteiger partial charge is 0.301 e. The van der Waals surface area contributed by atoms with E-state index < -0.39 is 23.4 Å². The molecular weight excluding hydrogens is 281 g/mol. The lowest BCUT2D eigenvalue weighted by Gasteiger charge is -2.14. The normalized spacial score (nSPS) is 15.3. The predicted octanol–water partition coefficient (Wildman–Crippen LogP) is 2.73. The van der Waals surface area contributed by atoms with Gasteiger partial charge in [0.05, 0.1) is 5.69 Å². The van der Waals surface area contributed by atoms with Gasteiger partial charge >= 0.3 is 5.91 Å². The van der Waals surface area contributed by atoms with Gasteiger partial charge in [-0.2, -0.15) is 0 Å². The van der Waals surface area contributed by atoms with E-state index in [1.54, 1.807) is 17.5 Å². The number of carbonyl (C=O) groups excluding carboxylic acids is 2. The number of rotatable bonds is 2. The van der Waals surface area contributed by atoms with Crippen molar-refractivity contribution in [2.75, 3.05) is 4.90 Å². The van der Waals surface area contributed by atoms with Gasteiger partial charge in [0, 0.05) is 4.88 Å². The summed E-state index contributed by atoms with van der Waals surface area (Å²) in [6.07, 6.45) is 0. The van der Waals surface area contributed by atoms with E-state index in [9.17, 15) is 19.1 Å². The van der Waals surface area contributed by atoms with Crippen molar-refractivity contribution in [3.8, 4) is 0 Å². The number of amides is 2. The van der Waals surface area contributed by atoms with Gasteiger partial charge in [0.1, 0.15) is 11.4 Å². The van der Waals surface area contributed by atoms with E-state index in [2.05, 4.69) is 0 Å². The number of anilines is 1. The number of thiophene rings is 1. The maximum atomic E-state index is 13.2. The summed E-state index contributed by atoms with van der Waals surface area (Å²) in [6.45, 7) is 0. The molecule has 0 saturated carbocycles. The first-order valence-corrected chi connectivity index (χ1v) is 6.59. The Kier molecular flexibility index (Phi) is 2.87. The summed E-state index contributed by atoms with van der Waals surface area (Å²) in [5.41, 5.74) is 0.0485. The van der Waals surface area contributed by atoms with Gasteiger partial charge in [-0.25, -0.2) is 9.29 Å². The number of nitrogens with zero attached hydrogens (tertiary/aromatic N) is 1. The van der Waals surface area contributed by atoms with Gasteiger partial charge in [-0.1, -0.05) is 12.1 Å². The molecule has 1 aromatic heterocycles. The van der Waals surface area contributed by atoms with Crippen LogP contribution < -0.4 is 4.90 Å². The molecule has 0 unspecified atom stereocenters. The van der Waals surface area contributed by atoms with Crippen molar-refractivity contribution in [3.63, 3.8) is 0 Å². The van der Waals surface area contributed by atoms with Crippen LogP contribution in [0.25, 0.3) is 5.57 Å². The second kappa shape index (κ2) is 4.57. The quantitative estimate of drug-likeness (QED) is 0.865. The zero-order valence-corrected chi connectivity index (χ0v) is 10.9. The Morgan fingerprint density at radius 3 is 2.55 bits per heavy atom. The van der Waals surface area contributed by atoms with Gasteiger partial charge < -0.3 is 5.11 Å². The second-order valence-electron chi connectivity index (χ2n) is 4.13. The molecule has 4 nitrogen and oxygen atoms in total. The first kappa shape index (κ1) is 12.6. The molecule has 2 aromatic rings. The van der Waals surface area contributed by atoms with Crippen molar-refractivity contribution in [2.45, 2.75) is 0 Å². The number of imide groups is 1. The zero-order valence-electron chi connectivity index (χ0n) is 10.0. The molecule has 20 heavy (non-hydrogen) atoms. The average molecular weight is 289 g/mol. The van der Waals surface area contributed by atoms with Crippen LogP contribution in [-0.2, 0) is 9.59 Å². The summed E-state index contributed by atoms with van der Waals surface area (Å²) in [5, 5.41) is 11.6. The third kappa shape index (κ3) is 1.81. The van der Waals surface area contributed by atoms with Crippen LogP contribution in [0.5, 0.6) is 0 Å². The molecule has 1 N–H and O–H groups in total. The third-order valence-corrected chi connectivity index (χ3v) is 3.78. The highest BCUT2D eigenvalue weighted by molar-refractivity contribution is 7.11. The molecule has 0 bridgehead atoms. The largest absolute Gasteiger partial charge is 0.502 e. The molecule has 0 aliphatic carbocycles. The number of carbonyl (C=O) groups is 2. The molecule has 1 aliphatic heterocycles. The highest BCUT2D eigenvalue weighted by Crippen LogP contribution is 2.33. The fourth-order valence-electron chi connectivity index (χ4n) is 2.01. The molecular formula is C14H8FNO3S. The Bertz CT molecular complexity index is 737. The molecule has 6 heteroatoms. The van der Waals surface area contributed by atoms with Gasteiger partial charge in [0.15, 0.2) is 5.76 Å². The molecule has 2 heterocycles. The molecule has 100 valence electrons. The number of hydrogen-bond acceptors (Lipinski definition) is 4. The van der Waals surface area contributed by atoms with Crippen molar-refractivity contribution in [3.05, 3.63) is 58.2 Å². The molecule has 0 spiro atoms. The zero-order chi connectivity index (χ0) is 14.3. The van der Waals surface area contributed by atoms with Gasteiger partial charge in [-0.3, -0.25) is 9.59 Å². The number of aliphatic hydroxyl groups is 1. The Morgan fingerprint density at radius 2 is 1.90 bits per heavy atom. The van der Waals surface area contributed by atoms with Crippen LogP contribution in [0.1, 0.15) is 4.88 Å². The molecule has 1 aromatic carbocycles. The minimum absolute atomic E-state index is 0.0470. The number of aliphatic hydroxyl groups excluding tert-OH is 1. The molecule has 3 rings (SSSR count). The van der Waals surface area contributed by atoms with Crippen molar-refractivity contribution in [1.29, 1.82) is 0 Å². The van der Waals surface area contributed by atoms with E-state index in [1.165, 1.54) is 29.5 Å². The number of halogens is 1. The summed E-state index contributed by atoms with van der Waals surface area (Å²) < 4.78 is 13.2. The van der Waals surface area contributed by atoms with Crippen LogP contribution >= 0.6 is 11.3 Å². The standard InChI is InChI=1S/C14H8FNO3S/c15-8-3-1-4-9(7-8)16-13(18)11(12(17)14(16)19)10-5-2-6-20-10/h1-7,17H. The van der Waals surface area contributed by atoms with Crippen molar-refractivity contribution >= 4 is 34.4 Å². The lowest BCUT2D eigenvalue weighted by atomic mass is 10.2. The maximum absolute atomic E-state index is 13.2. The van der Waals surface area contributed by atoms with E-state index in [0.717, 1.165) is 11.0 Å². The molecule has 0 atom stereocenters. The van der Waals surface area contributed by atoms with Crippen molar-refractivity contribution in [2.24, 2.45) is 0 Å². The van der Waals surface area contributed by atoms with Crippen molar-refractivity contribution < 1.29 is 19.1 Å². The lowest BCUT2D eigenvalue weighted by molar-refractivity contribution is -0.121. The van der Waals surface area contributed by atoms with Crippen LogP contribution in [0.4, 0.5) is 10.1 Å². The average Bonchev–Trinajstić information content (AvgIpc) is 2.99. The summed E-state index contributed by atoms with van der Waals surface area (Å²) in [7, 11) is 0. The van der Waals surface area contributed by atoms with E-state index in [0.29, 0.717) is 4.88 Å². The second-order valence-corrected chi connectivity index (χ2v) is 5.07. The predicted molar refractivity (Wildman–Crippen MR) is 72.8 cm³/mol. The Balaban J connectivity index is 2.07. The summed E-state index contributed by atoms with van der Waals surface area (Å²) in [6, 6.07) is 8.46. The minimum atomic E-state index is -0.844. The topological polar surface area (TPSA) is 57.6 Å². The minimum Gasteiger partial charge on any atom is -0.502 e. The van der Waals surface area contributed by atoms with E-state index in [-0.39, 0.29) is 11.3 Å². The summed E-state index contributed by atoms with van der Waals surface area (Å²) >= 11 is 1.24. The maximum Gasteiger partial charge on any atom is 0.301 e. The van der Waals surface area contributed by atoms with Crippen LogP contribution in [0.3, 0.4) is 0 Å². The lowest BCUT2D eigenvalue weighted by Crippen LogP contribution is -2.31. The van der Waals surface area contributed by atoms with Gasteiger partial charge in [0.25, 0.3) is 5.91 Å². The highest BCUT2D eigenvalue weighted by Gasteiger charge is 2.40. The molecule has 0 saturated heterocycles. The van der Waals surface area contributed by atoms with Crippen LogP contribution in [-0.4, -0.2) is 16.9 Å². The molecule has 1 aliphatic rings. The van der Waals surface area contributed by atoms with E-state index >= 15 is 0 Å². The Morgan fingerprint density at radius 1 is 1.10 bits per heavy atom. The monoisotopic (exact) mass is 289 g/mol. The van der Waals surface area contributed by atoms with Gasteiger partial charge in [0.2, 0.25) is 0 Å². The van der Waals surface area contributed by atoms with Crippen molar-refractivity contribution in [1.82, 2.24) is 0 Å². The summed E-state index contributed by atoms with van der Waals surface area (Å²) in [5.74, 6) is -2.67. The molecule has 0 radical (unpaired) electrons. The van der Waals surface area contributed by atoms with Gasteiger partial charge in [-0.05, 0) is 29.6 Å². The van der Waals surface area contributed by atoms with E-state index in [4.69, 9.17) is 0 Å². The molecule has 2 amide bonds. The molecule has 0 fully saturated rings. The van der Waals surface area contributed by atoms with Gasteiger partial charge in [-0.15, -0.1) is 11.3 Å². The third-order valence-electron chi connectivity index (χ3n) is 2.89. The van der Waals surface area contributed by atoms with Crippen LogP contribution in [0.15, 0.2) is 47.5 Å². The highest BCUT2D eigenvalue weighted by atomic mass is 32.1. The van der Waals surface area contributed by atoms with E-state index in [1.807, 2.05) is 0 Å². The summed E-state index contributed by atoms with van der Waals surface area (Å²) in [4.78, 5) is 25.6. The first-order chi connectivity index (χ1) is 9.59. The first-order valence-electron chi connectivity index (χ1n) is 5.71. The Labute approximate surface area is 117 Å². The van der Waals surface area contributed by atoms with Crippen LogP contribution in [0, 0.1) is 5.82 Å². The van der Waals surface area contributed by atoms with Crippen LogP contribution in [0.2, 0.25) is 0 Å². The SMILES string of the molecule is O=C1C(O)=C(c2cccs2)C(=O)N1c1cccc(F)c1. The fraction of sp³-hybridized carbons (Fsp3) is 0.